The average molecular weight is 383 g/mol. The average Bonchev–Trinajstić information content (AvgIpc) is 3.15. The van der Waals surface area contributed by atoms with Gasteiger partial charge in [0, 0.05) is 41.5 Å². The zero-order valence-electron chi connectivity index (χ0n) is 16.4. The van der Waals surface area contributed by atoms with Gasteiger partial charge in [-0.25, -0.2) is 4.99 Å². The zero-order valence-corrected chi connectivity index (χ0v) is 16.4. The first-order valence-electron chi connectivity index (χ1n) is 9.55. The molecule has 3 heterocycles. The normalized spacial score (nSPS) is 13.0. The molecule has 4 aromatic rings. The maximum absolute atomic E-state index is 5.49. The molecule has 0 amide bonds. The van der Waals surface area contributed by atoms with E-state index in [9.17, 15) is 0 Å². The molecule has 0 saturated heterocycles. The SMILES string of the molecule is COc1ccccc1CN1C=Nc2cc3[nH]nc(-c4ccnc(C)c4)c3cc2C1. The first-order chi connectivity index (χ1) is 14.2. The van der Waals surface area contributed by atoms with Gasteiger partial charge in [-0.05, 0) is 42.8 Å². The van der Waals surface area contributed by atoms with Gasteiger partial charge in [0.05, 0.1) is 24.7 Å². The summed E-state index contributed by atoms with van der Waals surface area (Å²) in [7, 11) is 1.70. The summed E-state index contributed by atoms with van der Waals surface area (Å²) in [6.07, 6.45) is 3.73. The number of pyridine rings is 1. The van der Waals surface area contributed by atoms with Crippen molar-refractivity contribution in [1.82, 2.24) is 20.1 Å². The molecular formula is C23H21N5O. The number of para-hydroxylation sites is 1. The van der Waals surface area contributed by atoms with E-state index >= 15 is 0 Å². The Bertz CT molecular complexity index is 1230. The maximum Gasteiger partial charge on any atom is 0.123 e. The van der Waals surface area contributed by atoms with E-state index in [1.807, 2.05) is 43.7 Å². The van der Waals surface area contributed by atoms with Crippen LogP contribution in [-0.4, -0.2) is 33.5 Å². The van der Waals surface area contributed by atoms with Crippen LogP contribution in [0.4, 0.5) is 5.69 Å². The van der Waals surface area contributed by atoms with Crippen LogP contribution in [-0.2, 0) is 13.1 Å². The highest BCUT2D eigenvalue weighted by molar-refractivity contribution is 5.95. The van der Waals surface area contributed by atoms with Crippen LogP contribution in [0.1, 0.15) is 16.8 Å². The molecule has 29 heavy (non-hydrogen) atoms. The Labute approximate surface area is 168 Å². The van der Waals surface area contributed by atoms with Crippen molar-refractivity contribution in [2.75, 3.05) is 7.11 Å². The Morgan fingerprint density at radius 3 is 2.90 bits per heavy atom. The molecule has 0 fully saturated rings. The zero-order chi connectivity index (χ0) is 19.8. The van der Waals surface area contributed by atoms with Crippen molar-refractivity contribution in [3.63, 3.8) is 0 Å². The topological polar surface area (TPSA) is 66.4 Å². The first-order valence-corrected chi connectivity index (χ1v) is 9.55. The fourth-order valence-corrected chi connectivity index (χ4v) is 3.81. The van der Waals surface area contributed by atoms with Gasteiger partial charge in [-0.1, -0.05) is 18.2 Å². The minimum Gasteiger partial charge on any atom is -0.496 e. The van der Waals surface area contributed by atoms with E-state index in [0.29, 0.717) is 0 Å². The largest absolute Gasteiger partial charge is 0.496 e. The Kier molecular flexibility index (Phi) is 4.24. The molecule has 1 aliphatic rings. The number of nitrogens with one attached hydrogen (secondary N) is 1. The number of methoxy groups -OCH3 is 1. The lowest BCUT2D eigenvalue weighted by molar-refractivity contribution is 0.379. The molecule has 5 rings (SSSR count). The van der Waals surface area contributed by atoms with E-state index in [-0.39, 0.29) is 0 Å². The summed E-state index contributed by atoms with van der Waals surface area (Å²) in [5.41, 5.74) is 7.28. The quantitative estimate of drug-likeness (QED) is 0.558. The highest BCUT2D eigenvalue weighted by Crippen LogP contribution is 2.34. The summed E-state index contributed by atoms with van der Waals surface area (Å²) in [4.78, 5) is 11.2. The highest BCUT2D eigenvalue weighted by atomic mass is 16.5. The van der Waals surface area contributed by atoms with Gasteiger partial charge in [-0.2, -0.15) is 5.10 Å². The number of aliphatic imine (C=N–C) groups is 1. The van der Waals surface area contributed by atoms with Crippen molar-refractivity contribution in [2.24, 2.45) is 4.99 Å². The molecule has 144 valence electrons. The summed E-state index contributed by atoms with van der Waals surface area (Å²) in [5, 5.41) is 8.80. The number of aromatic nitrogens is 3. The van der Waals surface area contributed by atoms with Crippen molar-refractivity contribution in [3.8, 4) is 17.0 Å². The molecule has 0 unspecified atom stereocenters. The summed E-state index contributed by atoms with van der Waals surface area (Å²) in [6.45, 7) is 3.52. The molecular weight excluding hydrogens is 362 g/mol. The first kappa shape index (κ1) is 17.4. The van der Waals surface area contributed by atoms with E-state index in [0.717, 1.165) is 57.9 Å². The number of nitrogens with zero attached hydrogens (tertiary/aromatic N) is 4. The number of H-pyrrole nitrogens is 1. The van der Waals surface area contributed by atoms with Crippen LogP contribution in [0, 0.1) is 6.92 Å². The predicted molar refractivity (Wildman–Crippen MR) is 114 cm³/mol. The van der Waals surface area contributed by atoms with E-state index < -0.39 is 0 Å². The predicted octanol–water partition coefficient (Wildman–Crippen LogP) is 4.62. The summed E-state index contributed by atoms with van der Waals surface area (Å²) in [5.74, 6) is 0.896. The minimum absolute atomic E-state index is 0.743. The monoisotopic (exact) mass is 383 g/mol. The van der Waals surface area contributed by atoms with Crippen LogP contribution in [0.5, 0.6) is 5.75 Å². The highest BCUT2D eigenvalue weighted by Gasteiger charge is 2.17. The Morgan fingerprint density at radius 2 is 2.03 bits per heavy atom. The summed E-state index contributed by atoms with van der Waals surface area (Å²) in [6, 6.07) is 16.4. The molecule has 0 aliphatic carbocycles. The van der Waals surface area contributed by atoms with Crippen LogP contribution in [0.25, 0.3) is 22.2 Å². The van der Waals surface area contributed by atoms with Crippen molar-refractivity contribution < 1.29 is 4.74 Å². The van der Waals surface area contributed by atoms with Crippen LogP contribution in [0.15, 0.2) is 59.7 Å². The van der Waals surface area contributed by atoms with Crippen LogP contribution in [0.2, 0.25) is 0 Å². The summed E-state index contributed by atoms with van der Waals surface area (Å²) < 4.78 is 5.49. The van der Waals surface area contributed by atoms with Crippen molar-refractivity contribution >= 4 is 22.9 Å². The molecule has 1 N–H and O–H groups in total. The van der Waals surface area contributed by atoms with Crippen LogP contribution >= 0.6 is 0 Å². The fourth-order valence-electron chi connectivity index (χ4n) is 3.81. The minimum atomic E-state index is 0.743. The van der Waals surface area contributed by atoms with Gasteiger partial charge >= 0.3 is 0 Å². The number of fused-ring (bicyclic) bond motifs is 2. The Balaban J connectivity index is 1.49. The Morgan fingerprint density at radius 1 is 1.14 bits per heavy atom. The number of benzene rings is 2. The third-order valence-electron chi connectivity index (χ3n) is 5.23. The lowest BCUT2D eigenvalue weighted by Gasteiger charge is -2.25. The summed E-state index contributed by atoms with van der Waals surface area (Å²) >= 11 is 0. The van der Waals surface area contributed by atoms with E-state index in [4.69, 9.17) is 4.74 Å². The van der Waals surface area contributed by atoms with Crippen molar-refractivity contribution in [3.05, 3.63) is 71.5 Å². The number of rotatable bonds is 4. The van der Waals surface area contributed by atoms with Gasteiger partial charge < -0.3 is 9.64 Å². The number of ether oxygens (including phenoxy) is 1. The third-order valence-corrected chi connectivity index (χ3v) is 5.23. The second-order valence-corrected chi connectivity index (χ2v) is 7.25. The van der Waals surface area contributed by atoms with Gasteiger partial charge in [0.25, 0.3) is 0 Å². The molecule has 0 saturated carbocycles. The fraction of sp³-hybridized carbons (Fsp3) is 0.174. The van der Waals surface area contributed by atoms with Gasteiger partial charge in [0.1, 0.15) is 11.4 Å². The van der Waals surface area contributed by atoms with Crippen LogP contribution in [0.3, 0.4) is 0 Å². The van der Waals surface area contributed by atoms with Gasteiger partial charge in [-0.3, -0.25) is 10.1 Å². The molecule has 1 aliphatic heterocycles. The number of hydrogen-bond acceptors (Lipinski definition) is 5. The molecule has 6 nitrogen and oxygen atoms in total. The van der Waals surface area contributed by atoms with Gasteiger partial charge in [0.15, 0.2) is 0 Å². The van der Waals surface area contributed by atoms with Gasteiger partial charge in [0.2, 0.25) is 0 Å². The van der Waals surface area contributed by atoms with E-state index in [2.05, 4.69) is 49.3 Å². The molecule has 2 aromatic heterocycles. The second-order valence-electron chi connectivity index (χ2n) is 7.25. The van der Waals surface area contributed by atoms with E-state index in [1.54, 1.807) is 7.11 Å². The van der Waals surface area contributed by atoms with Crippen LogP contribution < -0.4 is 4.74 Å². The lowest BCUT2D eigenvalue weighted by atomic mass is 10.0. The molecule has 6 heteroatoms. The molecule has 0 radical (unpaired) electrons. The number of aryl methyl sites for hydroxylation is 1. The second kappa shape index (κ2) is 7.05. The molecule has 0 spiro atoms. The lowest BCUT2D eigenvalue weighted by Crippen LogP contribution is -2.23. The van der Waals surface area contributed by atoms with E-state index in [1.165, 1.54) is 5.56 Å². The molecule has 0 bridgehead atoms. The molecule has 0 atom stereocenters. The smallest absolute Gasteiger partial charge is 0.123 e. The number of aromatic amines is 1. The number of hydrogen-bond donors (Lipinski definition) is 1. The maximum atomic E-state index is 5.49. The van der Waals surface area contributed by atoms with Crippen molar-refractivity contribution in [1.29, 1.82) is 0 Å². The third kappa shape index (κ3) is 3.23. The standard InChI is InChI=1S/C23H21N5O/c1-15-9-16(7-8-24-15)23-19-10-18-13-28(12-17-5-3-4-6-22(17)29-2)14-25-20(18)11-21(19)26-27-23/h3-11,14H,12-13H2,1-2H3,(H,26,27). The Hall–Kier alpha value is -3.67. The molecule has 2 aromatic carbocycles. The van der Waals surface area contributed by atoms with Crippen molar-refractivity contribution in [2.45, 2.75) is 20.0 Å². The van der Waals surface area contributed by atoms with Gasteiger partial charge in [-0.15, -0.1) is 0 Å².